The fourth-order valence-electron chi connectivity index (χ4n) is 3.86. The number of nitrogens with one attached hydrogen (secondary N) is 2. The van der Waals surface area contributed by atoms with E-state index in [-0.39, 0.29) is 5.75 Å². The lowest BCUT2D eigenvalue weighted by atomic mass is 10.0. The summed E-state index contributed by atoms with van der Waals surface area (Å²) in [4.78, 5) is 38.8. The van der Waals surface area contributed by atoms with Gasteiger partial charge in [-0.1, -0.05) is 90.4 Å². The molecule has 0 unspecified atom stereocenters. The van der Waals surface area contributed by atoms with Crippen LogP contribution in [0.4, 0.5) is 0 Å². The van der Waals surface area contributed by atoms with Gasteiger partial charge in [-0.15, -0.1) is 0 Å². The topological polar surface area (TPSA) is 118 Å². The molecule has 0 aliphatic heterocycles. The van der Waals surface area contributed by atoms with Gasteiger partial charge in [0.2, 0.25) is 10.0 Å². The predicted molar refractivity (Wildman–Crippen MR) is 133 cm³/mol. The summed E-state index contributed by atoms with van der Waals surface area (Å²) in [5.74, 6) is -1.07. The van der Waals surface area contributed by atoms with Gasteiger partial charge >= 0.3 is 5.69 Å². The molecule has 9 heteroatoms. The Bertz CT molecular complexity index is 890. The Kier molecular flexibility index (Phi) is 13.3. The van der Waals surface area contributed by atoms with Crippen LogP contribution in [0.3, 0.4) is 0 Å². The number of nitrogens with zero attached hydrogens (tertiary/aromatic N) is 1. The Labute approximate surface area is 198 Å². The highest BCUT2D eigenvalue weighted by molar-refractivity contribution is 7.90. The molecule has 0 bridgehead atoms. The van der Waals surface area contributed by atoms with Crippen LogP contribution in [-0.4, -0.2) is 29.6 Å². The van der Waals surface area contributed by atoms with E-state index in [1.807, 2.05) is 4.72 Å². The van der Waals surface area contributed by atoms with Gasteiger partial charge in [-0.3, -0.25) is 14.3 Å². The van der Waals surface area contributed by atoms with E-state index in [0.717, 1.165) is 25.3 Å². The summed E-state index contributed by atoms with van der Waals surface area (Å²) >= 11 is 0. The monoisotopic (exact) mass is 485 g/mol. The summed E-state index contributed by atoms with van der Waals surface area (Å²) < 4.78 is 27.3. The number of H-pyrrole nitrogens is 1. The van der Waals surface area contributed by atoms with Gasteiger partial charge in [0.1, 0.15) is 5.54 Å². The number of hydrogen-bond acceptors (Lipinski definition) is 5. The molecule has 0 fully saturated rings. The predicted octanol–water partition coefficient (Wildman–Crippen LogP) is 4.20. The van der Waals surface area contributed by atoms with Crippen molar-refractivity contribution in [2.24, 2.45) is 0 Å². The zero-order valence-corrected chi connectivity index (χ0v) is 21.5. The van der Waals surface area contributed by atoms with Crippen molar-refractivity contribution in [3.05, 3.63) is 33.1 Å². The van der Waals surface area contributed by atoms with Crippen LogP contribution in [0, 0.1) is 0 Å². The van der Waals surface area contributed by atoms with E-state index in [9.17, 15) is 22.8 Å². The van der Waals surface area contributed by atoms with Crippen LogP contribution in [0.1, 0.15) is 111 Å². The third-order valence-corrected chi connectivity index (χ3v) is 7.31. The number of unbranched alkanes of at least 4 members (excludes halogenated alkanes) is 13. The molecule has 33 heavy (non-hydrogen) atoms. The van der Waals surface area contributed by atoms with Crippen LogP contribution >= 0.6 is 0 Å². The maximum absolute atomic E-state index is 12.5. The quantitative estimate of drug-likeness (QED) is 0.302. The summed E-state index contributed by atoms with van der Waals surface area (Å²) in [6.45, 7) is 4.90. The second-order valence-electron chi connectivity index (χ2n) is 9.36. The first-order valence-electron chi connectivity index (χ1n) is 12.5. The second kappa shape index (κ2) is 15.1. The van der Waals surface area contributed by atoms with Gasteiger partial charge in [0.05, 0.1) is 5.75 Å². The normalized spacial score (nSPS) is 12.1. The standard InChI is InChI=1S/C24H43N3O5S/c1-4-5-6-7-8-9-10-11-12-13-14-15-16-17-20-33(31,32)26-22(29)24(2,3)27-21(28)18-19-25-23(27)30/h18-19H,4-17,20H2,1-3H3,(H,25,30)(H,26,29). The number of rotatable bonds is 18. The van der Waals surface area contributed by atoms with Crippen LogP contribution in [0.5, 0.6) is 0 Å². The van der Waals surface area contributed by atoms with Gasteiger partial charge in [0, 0.05) is 12.3 Å². The smallest absolute Gasteiger partial charge is 0.314 e. The molecule has 0 atom stereocenters. The molecule has 0 saturated carbocycles. The minimum absolute atomic E-state index is 0.160. The molecule has 190 valence electrons. The molecule has 2 N–H and O–H groups in total. The largest absolute Gasteiger partial charge is 0.329 e. The molecular formula is C24H43N3O5S. The summed E-state index contributed by atoms with van der Waals surface area (Å²) in [5.41, 5.74) is -3.09. The maximum atomic E-state index is 12.5. The minimum atomic E-state index is -3.84. The Balaban J connectivity index is 2.22. The third-order valence-electron chi connectivity index (χ3n) is 5.99. The molecule has 0 aliphatic carbocycles. The van der Waals surface area contributed by atoms with E-state index in [1.54, 1.807) is 0 Å². The van der Waals surface area contributed by atoms with Crippen molar-refractivity contribution in [1.82, 2.24) is 14.3 Å². The molecule has 1 amide bonds. The van der Waals surface area contributed by atoms with Crippen LogP contribution in [0.2, 0.25) is 0 Å². The zero-order valence-electron chi connectivity index (χ0n) is 20.7. The first-order chi connectivity index (χ1) is 15.6. The molecule has 0 spiro atoms. The highest BCUT2D eigenvalue weighted by Crippen LogP contribution is 2.14. The fourth-order valence-corrected chi connectivity index (χ4v) is 5.08. The van der Waals surface area contributed by atoms with Crippen molar-refractivity contribution in [3.8, 4) is 0 Å². The number of aromatic amines is 1. The van der Waals surface area contributed by atoms with Crippen LogP contribution in [0.25, 0.3) is 0 Å². The van der Waals surface area contributed by atoms with Crippen LogP contribution in [0.15, 0.2) is 21.9 Å². The molecule has 0 aliphatic rings. The van der Waals surface area contributed by atoms with Crippen molar-refractivity contribution < 1.29 is 13.2 Å². The van der Waals surface area contributed by atoms with Gasteiger partial charge < -0.3 is 4.98 Å². The molecule has 0 radical (unpaired) electrons. The zero-order chi connectivity index (χ0) is 24.7. The van der Waals surface area contributed by atoms with Gasteiger partial charge in [0.25, 0.3) is 11.5 Å². The van der Waals surface area contributed by atoms with E-state index >= 15 is 0 Å². The van der Waals surface area contributed by atoms with Crippen molar-refractivity contribution in [3.63, 3.8) is 0 Å². The van der Waals surface area contributed by atoms with E-state index in [1.165, 1.54) is 84.3 Å². The number of hydrogen-bond donors (Lipinski definition) is 2. The van der Waals surface area contributed by atoms with Crippen molar-refractivity contribution in [1.29, 1.82) is 0 Å². The average molecular weight is 486 g/mol. The number of aromatic nitrogens is 2. The molecule has 0 saturated heterocycles. The average Bonchev–Trinajstić information content (AvgIpc) is 2.73. The van der Waals surface area contributed by atoms with E-state index in [4.69, 9.17) is 0 Å². The SMILES string of the molecule is CCCCCCCCCCCCCCCCS(=O)(=O)NC(=O)C(C)(C)n1c(=O)cc[nH]c1=O. The summed E-state index contributed by atoms with van der Waals surface area (Å²) in [6, 6.07) is 1.11. The van der Waals surface area contributed by atoms with Crippen LogP contribution in [-0.2, 0) is 20.4 Å². The lowest BCUT2D eigenvalue weighted by molar-refractivity contribution is -0.126. The number of sulfonamides is 1. The van der Waals surface area contributed by atoms with Crippen molar-refractivity contribution >= 4 is 15.9 Å². The fraction of sp³-hybridized carbons (Fsp3) is 0.792. The highest BCUT2D eigenvalue weighted by atomic mass is 32.2. The molecule has 0 aromatic carbocycles. The number of amides is 1. The van der Waals surface area contributed by atoms with Crippen LogP contribution < -0.4 is 16.0 Å². The summed E-state index contributed by atoms with van der Waals surface area (Å²) in [6.07, 6.45) is 17.5. The summed E-state index contributed by atoms with van der Waals surface area (Å²) in [5, 5.41) is 0. The Hall–Kier alpha value is -1.90. The van der Waals surface area contributed by atoms with Crippen molar-refractivity contribution in [2.75, 3.05) is 5.75 Å². The number of carbonyl (C=O) groups is 1. The Morgan fingerprint density at radius 1 is 0.879 bits per heavy atom. The lowest BCUT2D eigenvalue weighted by Crippen LogP contribution is -2.55. The van der Waals surface area contributed by atoms with Gasteiger partial charge in [-0.2, -0.15) is 0 Å². The Morgan fingerprint density at radius 3 is 1.79 bits per heavy atom. The maximum Gasteiger partial charge on any atom is 0.329 e. The van der Waals surface area contributed by atoms with Gasteiger partial charge in [0.15, 0.2) is 0 Å². The lowest BCUT2D eigenvalue weighted by Gasteiger charge is -2.24. The first kappa shape index (κ1) is 29.1. The third kappa shape index (κ3) is 11.2. The summed E-state index contributed by atoms with van der Waals surface area (Å²) in [7, 11) is -3.84. The molecule has 1 rings (SSSR count). The van der Waals surface area contributed by atoms with E-state index in [2.05, 4.69) is 11.9 Å². The molecular weight excluding hydrogens is 442 g/mol. The van der Waals surface area contributed by atoms with Crippen molar-refractivity contribution in [2.45, 2.75) is 116 Å². The minimum Gasteiger partial charge on any atom is -0.314 e. The Morgan fingerprint density at radius 2 is 1.33 bits per heavy atom. The second-order valence-corrected chi connectivity index (χ2v) is 11.2. The molecule has 1 heterocycles. The van der Waals surface area contributed by atoms with Gasteiger partial charge in [-0.05, 0) is 20.3 Å². The number of carbonyl (C=O) groups excluding carboxylic acids is 1. The van der Waals surface area contributed by atoms with Gasteiger partial charge in [-0.25, -0.2) is 17.8 Å². The molecule has 1 aromatic heterocycles. The molecule has 8 nitrogen and oxygen atoms in total. The van der Waals surface area contributed by atoms with E-state index < -0.39 is 32.7 Å². The molecule has 1 aromatic rings. The first-order valence-corrected chi connectivity index (χ1v) is 14.1. The highest BCUT2D eigenvalue weighted by Gasteiger charge is 2.34. The van der Waals surface area contributed by atoms with E-state index in [0.29, 0.717) is 11.0 Å².